The van der Waals surface area contributed by atoms with E-state index in [0.717, 1.165) is 0 Å². The molecule has 1 aromatic heterocycles. The summed E-state index contributed by atoms with van der Waals surface area (Å²) in [5, 5.41) is 0. The van der Waals surface area contributed by atoms with Crippen LogP contribution in [0.3, 0.4) is 0 Å². The predicted molar refractivity (Wildman–Crippen MR) is 114 cm³/mol. The minimum Gasteiger partial charge on any atom is -0.481 e. The number of rotatable bonds is 8. The molecule has 0 amide bonds. The van der Waals surface area contributed by atoms with Gasteiger partial charge in [0.15, 0.2) is 0 Å². The van der Waals surface area contributed by atoms with Crippen molar-refractivity contribution in [3.05, 3.63) is 41.7 Å². The van der Waals surface area contributed by atoms with Crippen molar-refractivity contribution in [1.82, 2.24) is 9.97 Å². The van der Waals surface area contributed by atoms with Crippen LogP contribution in [0.5, 0.6) is 11.8 Å². The Morgan fingerprint density at radius 2 is 1.15 bits per heavy atom. The molecule has 0 unspecified atom stereocenters. The molecule has 40 heavy (non-hydrogen) atoms. The minimum atomic E-state index is -6.85. The van der Waals surface area contributed by atoms with E-state index >= 15 is 0 Å². The maximum atomic E-state index is 12.6. The van der Waals surface area contributed by atoms with Gasteiger partial charge < -0.3 is 9.47 Å². The standard InChI is InChI=1S/C14H14F3N3O4S.C2F6O5S2/c1-23-12-8-13(24-2)19-11(18-12)7-9-5-3-4-6-10(9)20-25(21,22)14(15,16)17;3-1(4,5)14(9,10)13-15(11,12)2(6,7)8/h3-6,8,20H,7H2,1-2H3;. The summed E-state index contributed by atoms with van der Waals surface area (Å²) >= 11 is 0. The van der Waals surface area contributed by atoms with Gasteiger partial charge in [-0.25, -0.2) is 0 Å². The maximum absolute atomic E-state index is 12.6. The van der Waals surface area contributed by atoms with E-state index in [4.69, 9.17) is 9.47 Å². The zero-order valence-electron chi connectivity index (χ0n) is 19.3. The topological polar surface area (TPSA) is 168 Å². The van der Waals surface area contributed by atoms with Crippen molar-refractivity contribution in [2.75, 3.05) is 18.9 Å². The fraction of sp³-hybridized carbons (Fsp3) is 0.375. The average Bonchev–Trinajstić information content (AvgIpc) is 2.77. The highest BCUT2D eigenvalue weighted by Crippen LogP contribution is 2.32. The molecule has 228 valence electrons. The van der Waals surface area contributed by atoms with Crippen LogP contribution in [0.4, 0.5) is 45.2 Å². The molecule has 0 bridgehead atoms. The quantitative estimate of drug-likeness (QED) is 0.327. The van der Waals surface area contributed by atoms with Crippen molar-refractivity contribution in [2.24, 2.45) is 0 Å². The normalized spacial score (nSPS) is 13.2. The summed E-state index contributed by atoms with van der Waals surface area (Å²) in [6.45, 7) is 0. The molecule has 1 heterocycles. The van der Waals surface area contributed by atoms with Crippen LogP contribution < -0.4 is 14.2 Å². The van der Waals surface area contributed by atoms with Crippen LogP contribution in [0.25, 0.3) is 0 Å². The monoisotopic (exact) mass is 659 g/mol. The van der Waals surface area contributed by atoms with E-state index < -0.39 is 46.8 Å². The molecule has 1 N–H and O–H groups in total. The highest BCUT2D eigenvalue weighted by Gasteiger charge is 2.57. The third-order valence-electron chi connectivity index (χ3n) is 3.80. The fourth-order valence-electron chi connectivity index (χ4n) is 2.08. The number of anilines is 1. The van der Waals surface area contributed by atoms with Gasteiger partial charge in [-0.05, 0) is 11.6 Å². The molecule has 0 fully saturated rings. The van der Waals surface area contributed by atoms with Crippen LogP contribution in [0.15, 0.2) is 30.3 Å². The molecule has 0 atom stereocenters. The predicted octanol–water partition coefficient (Wildman–Crippen LogP) is 3.05. The number of sulfonamides is 1. The van der Waals surface area contributed by atoms with Crippen LogP contribution in [0.2, 0.25) is 0 Å². The van der Waals surface area contributed by atoms with Gasteiger partial charge in [-0.3, -0.25) is 4.72 Å². The first-order valence-corrected chi connectivity index (χ1v) is 13.6. The Morgan fingerprint density at radius 1 is 0.725 bits per heavy atom. The lowest BCUT2D eigenvalue weighted by Gasteiger charge is -2.14. The summed E-state index contributed by atoms with van der Waals surface area (Å²) in [4.78, 5) is 8.14. The Morgan fingerprint density at radius 3 is 1.52 bits per heavy atom. The van der Waals surface area contributed by atoms with E-state index in [1.165, 1.54) is 43.2 Å². The number of methoxy groups -OCH3 is 2. The number of para-hydroxylation sites is 1. The van der Waals surface area contributed by atoms with Gasteiger partial charge in [-0.2, -0.15) is 74.7 Å². The zero-order chi connectivity index (χ0) is 31.4. The zero-order valence-corrected chi connectivity index (χ0v) is 21.7. The van der Waals surface area contributed by atoms with Crippen molar-refractivity contribution >= 4 is 35.9 Å². The smallest absolute Gasteiger partial charge is 0.481 e. The number of nitrogens with one attached hydrogen (secondary N) is 1. The Labute approximate surface area is 219 Å². The van der Waals surface area contributed by atoms with Crippen molar-refractivity contribution in [3.63, 3.8) is 0 Å². The van der Waals surface area contributed by atoms with E-state index in [1.54, 1.807) is 6.07 Å². The molecule has 2 rings (SSSR count). The molecule has 0 saturated heterocycles. The van der Waals surface area contributed by atoms with Crippen molar-refractivity contribution < 1.29 is 77.9 Å². The largest absolute Gasteiger partial charge is 0.524 e. The van der Waals surface area contributed by atoms with Gasteiger partial charge >= 0.3 is 46.8 Å². The van der Waals surface area contributed by atoms with Crippen LogP contribution in [0.1, 0.15) is 11.4 Å². The number of benzene rings is 1. The van der Waals surface area contributed by atoms with E-state index in [1.807, 2.05) is 3.63 Å². The number of halogens is 9. The minimum absolute atomic E-state index is 0.0376. The van der Waals surface area contributed by atoms with Crippen LogP contribution in [-0.4, -0.2) is 66.0 Å². The Balaban J connectivity index is 0.000000459. The summed E-state index contributed by atoms with van der Waals surface area (Å²) in [6.07, 6.45) is -0.0376. The first kappa shape index (κ1) is 34.9. The second kappa shape index (κ2) is 12.2. The summed E-state index contributed by atoms with van der Waals surface area (Å²) in [7, 11) is -16.5. The van der Waals surface area contributed by atoms with Crippen LogP contribution in [0, 0.1) is 0 Å². The average molecular weight is 659 g/mol. The summed E-state index contributed by atoms with van der Waals surface area (Å²) in [5.41, 5.74) is -17.9. The second-order valence-electron chi connectivity index (χ2n) is 6.62. The highest BCUT2D eigenvalue weighted by atomic mass is 32.3. The van der Waals surface area contributed by atoms with Gasteiger partial charge in [0.1, 0.15) is 5.82 Å². The molecule has 12 nitrogen and oxygen atoms in total. The van der Waals surface area contributed by atoms with Crippen LogP contribution >= 0.6 is 0 Å². The Kier molecular flexibility index (Phi) is 10.6. The van der Waals surface area contributed by atoms with E-state index in [9.17, 15) is 64.8 Å². The van der Waals surface area contributed by atoms with Crippen molar-refractivity contribution in [2.45, 2.75) is 22.9 Å². The van der Waals surface area contributed by atoms with Gasteiger partial charge in [-0.1, -0.05) is 18.2 Å². The summed E-state index contributed by atoms with van der Waals surface area (Å²) < 4.78 is 182. The number of nitrogens with zero attached hydrogens (tertiary/aromatic N) is 2. The molecule has 0 aliphatic rings. The van der Waals surface area contributed by atoms with Gasteiger partial charge in [-0.15, -0.1) is 3.63 Å². The lowest BCUT2D eigenvalue weighted by atomic mass is 10.1. The van der Waals surface area contributed by atoms with Crippen LogP contribution in [-0.2, 0) is 40.3 Å². The number of alkyl halides is 9. The van der Waals surface area contributed by atoms with Gasteiger partial charge in [0.05, 0.1) is 26.0 Å². The molecule has 2 aromatic rings. The molecular weight excluding hydrogens is 645 g/mol. The lowest BCUT2D eigenvalue weighted by Crippen LogP contribution is -2.34. The number of aromatic nitrogens is 2. The van der Waals surface area contributed by atoms with Gasteiger partial charge in [0.2, 0.25) is 11.8 Å². The molecule has 0 aliphatic heterocycles. The Bertz CT molecular complexity index is 1440. The first-order valence-electron chi connectivity index (χ1n) is 9.33. The number of ether oxygens (including phenoxy) is 2. The second-order valence-corrected chi connectivity index (χ2v) is 11.6. The summed E-state index contributed by atoms with van der Waals surface area (Å²) in [5.74, 6) is 0.597. The molecule has 0 saturated carbocycles. The molecule has 0 aliphatic carbocycles. The van der Waals surface area contributed by atoms with Gasteiger partial charge in [0.25, 0.3) is 0 Å². The molecule has 1 aromatic carbocycles. The fourth-order valence-corrected chi connectivity index (χ4v) is 4.24. The number of hydrogen-bond donors (Lipinski definition) is 1. The van der Waals surface area contributed by atoms with Crippen molar-refractivity contribution in [1.29, 1.82) is 0 Å². The maximum Gasteiger partial charge on any atom is 0.524 e. The molecule has 0 radical (unpaired) electrons. The molecule has 0 spiro atoms. The highest BCUT2D eigenvalue weighted by molar-refractivity contribution is 8.00. The number of hydrogen-bond acceptors (Lipinski definition) is 11. The summed E-state index contributed by atoms with van der Waals surface area (Å²) in [6, 6.07) is 7.07. The lowest BCUT2D eigenvalue weighted by molar-refractivity contribution is -0.0586. The molecule has 24 heteroatoms. The van der Waals surface area contributed by atoms with E-state index in [2.05, 4.69) is 9.97 Å². The SMILES string of the molecule is COc1cc(OC)nc(Cc2ccccc2NS(=O)(=O)C(F)(F)F)n1.O=S(=O)(OS(=O)(=O)C(F)(F)F)C(F)(F)F. The van der Waals surface area contributed by atoms with Crippen molar-refractivity contribution in [3.8, 4) is 11.8 Å². The van der Waals surface area contributed by atoms with E-state index in [0.29, 0.717) is 0 Å². The Hall–Kier alpha value is -3.12. The first-order chi connectivity index (χ1) is 17.9. The van der Waals surface area contributed by atoms with Gasteiger partial charge in [0, 0.05) is 6.42 Å². The van der Waals surface area contributed by atoms with E-state index in [-0.39, 0.29) is 35.3 Å². The molecular formula is C16H14F9N3O9S3. The third kappa shape index (κ3) is 9.22. The third-order valence-corrected chi connectivity index (χ3v) is 7.47.